The number of halogens is 3. The van der Waals surface area contributed by atoms with E-state index in [9.17, 15) is 4.79 Å². The van der Waals surface area contributed by atoms with Gasteiger partial charge in [-0.25, -0.2) is 0 Å². The number of hydrogen-bond acceptors (Lipinski definition) is 1. The molecule has 0 aromatic heterocycles. The number of carbonyl (C=O) groups is 1. The summed E-state index contributed by atoms with van der Waals surface area (Å²) in [5, 5.41) is 2.56. The summed E-state index contributed by atoms with van der Waals surface area (Å²) in [6, 6.07) is 0.239. The molecule has 1 amide bonds. The van der Waals surface area contributed by atoms with Crippen LogP contribution < -0.4 is 5.32 Å². The van der Waals surface area contributed by atoms with Gasteiger partial charge in [-0.15, -0.1) is 0 Å². The lowest BCUT2D eigenvalue weighted by Crippen LogP contribution is -2.35. The van der Waals surface area contributed by atoms with Crippen LogP contribution in [0.25, 0.3) is 0 Å². The van der Waals surface area contributed by atoms with Gasteiger partial charge in [-0.05, 0) is 12.8 Å². The molecule has 0 aliphatic heterocycles. The Balaban J connectivity index is 2.32. The van der Waals surface area contributed by atoms with Crippen molar-refractivity contribution < 1.29 is 4.79 Å². The number of alkyl halides is 3. The van der Waals surface area contributed by atoms with Crippen molar-refractivity contribution in [3.63, 3.8) is 0 Å². The predicted molar refractivity (Wildman–Crippen MR) is 41.5 cm³/mol. The first-order valence-corrected chi connectivity index (χ1v) is 4.01. The van der Waals surface area contributed by atoms with Gasteiger partial charge in [0.2, 0.25) is 0 Å². The van der Waals surface area contributed by atoms with Crippen molar-refractivity contribution in [3.05, 3.63) is 0 Å². The van der Waals surface area contributed by atoms with E-state index in [2.05, 4.69) is 5.32 Å². The Bertz CT molecular complexity index is 149. The lowest BCUT2D eigenvalue weighted by Gasteiger charge is -2.09. The molecule has 0 aromatic rings. The van der Waals surface area contributed by atoms with Crippen LogP contribution in [-0.2, 0) is 4.79 Å². The van der Waals surface area contributed by atoms with Crippen LogP contribution in [0.2, 0.25) is 0 Å². The van der Waals surface area contributed by atoms with Crippen molar-refractivity contribution in [3.8, 4) is 0 Å². The Morgan fingerprint density at radius 1 is 1.40 bits per heavy atom. The maximum absolute atomic E-state index is 10.8. The second-order valence-corrected chi connectivity index (χ2v) is 4.53. The van der Waals surface area contributed by atoms with Crippen LogP contribution in [0, 0.1) is 0 Å². The highest BCUT2D eigenvalue weighted by Gasteiger charge is 2.34. The van der Waals surface area contributed by atoms with E-state index in [1.54, 1.807) is 0 Å². The fourth-order valence-corrected chi connectivity index (χ4v) is 0.659. The minimum Gasteiger partial charge on any atom is -0.350 e. The number of rotatable bonds is 1. The SMILES string of the molecule is O=C(NC1CC1)C(Cl)(Cl)Cl. The number of carbonyl (C=O) groups excluding carboxylic acids is 1. The molecule has 0 aromatic carbocycles. The Labute approximate surface area is 73.8 Å². The van der Waals surface area contributed by atoms with Gasteiger partial charge in [0.1, 0.15) is 0 Å². The summed E-state index contributed by atoms with van der Waals surface area (Å²) >= 11 is 15.8. The summed E-state index contributed by atoms with van der Waals surface area (Å²) in [5.41, 5.74) is 0. The van der Waals surface area contributed by atoms with E-state index in [4.69, 9.17) is 34.8 Å². The highest BCUT2D eigenvalue weighted by molar-refractivity contribution is 6.76. The molecular formula is C5H6Cl3NO. The molecule has 2 nitrogen and oxygen atoms in total. The zero-order valence-corrected chi connectivity index (χ0v) is 7.30. The van der Waals surface area contributed by atoms with Gasteiger partial charge < -0.3 is 5.32 Å². The molecule has 0 unspecified atom stereocenters. The third-order valence-electron chi connectivity index (χ3n) is 1.17. The third-order valence-corrected chi connectivity index (χ3v) is 1.68. The summed E-state index contributed by atoms with van der Waals surface area (Å²) in [4.78, 5) is 10.8. The minimum atomic E-state index is -1.80. The standard InChI is InChI=1S/C5H6Cl3NO/c6-5(7,8)4(10)9-3-1-2-3/h3H,1-2H2,(H,9,10). The van der Waals surface area contributed by atoms with E-state index in [-0.39, 0.29) is 6.04 Å². The maximum atomic E-state index is 10.8. The van der Waals surface area contributed by atoms with Crippen molar-refractivity contribution in [1.29, 1.82) is 0 Å². The molecule has 0 radical (unpaired) electrons. The molecule has 0 atom stereocenters. The average molecular weight is 202 g/mol. The van der Waals surface area contributed by atoms with Crippen LogP contribution in [0.3, 0.4) is 0 Å². The van der Waals surface area contributed by atoms with Gasteiger partial charge in [-0.2, -0.15) is 0 Å². The Kier molecular flexibility index (Phi) is 2.33. The molecule has 1 fully saturated rings. The molecule has 10 heavy (non-hydrogen) atoms. The van der Waals surface area contributed by atoms with Crippen LogP contribution in [0.5, 0.6) is 0 Å². The van der Waals surface area contributed by atoms with Crippen LogP contribution in [0.1, 0.15) is 12.8 Å². The number of nitrogens with one attached hydrogen (secondary N) is 1. The molecular weight excluding hydrogens is 196 g/mol. The fourth-order valence-electron chi connectivity index (χ4n) is 0.495. The second kappa shape index (κ2) is 2.76. The van der Waals surface area contributed by atoms with Crippen molar-refractivity contribution in [2.24, 2.45) is 0 Å². The lowest BCUT2D eigenvalue weighted by molar-refractivity contribution is -0.120. The Morgan fingerprint density at radius 2 is 1.90 bits per heavy atom. The molecule has 0 saturated heterocycles. The van der Waals surface area contributed by atoms with E-state index < -0.39 is 9.70 Å². The smallest absolute Gasteiger partial charge is 0.272 e. The zero-order valence-electron chi connectivity index (χ0n) is 5.03. The monoisotopic (exact) mass is 201 g/mol. The maximum Gasteiger partial charge on any atom is 0.272 e. The summed E-state index contributed by atoms with van der Waals surface area (Å²) in [7, 11) is 0. The highest BCUT2D eigenvalue weighted by atomic mass is 35.6. The Hall–Kier alpha value is 0.340. The van der Waals surface area contributed by atoms with Gasteiger partial charge in [0, 0.05) is 6.04 Å². The molecule has 1 aliphatic rings. The van der Waals surface area contributed by atoms with Crippen molar-refractivity contribution >= 4 is 40.7 Å². The van der Waals surface area contributed by atoms with Crippen molar-refractivity contribution in [2.45, 2.75) is 22.7 Å². The third kappa shape index (κ3) is 2.52. The molecule has 1 aliphatic carbocycles. The predicted octanol–water partition coefficient (Wildman–Crippen LogP) is 1.64. The summed E-state index contributed by atoms with van der Waals surface area (Å²) in [6.07, 6.45) is 1.99. The van der Waals surface area contributed by atoms with Crippen LogP contribution in [0.4, 0.5) is 0 Å². The molecule has 0 bridgehead atoms. The van der Waals surface area contributed by atoms with Crippen LogP contribution >= 0.6 is 34.8 Å². The quantitative estimate of drug-likeness (QED) is 0.644. The second-order valence-electron chi connectivity index (χ2n) is 2.25. The molecule has 0 heterocycles. The van der Waals surface area contributed by atoms with Gasteiger partial charge in [0.25, 0.3) is 9.70 Å². The van der Waals surface area contributed by atoms with Gasteiger partial charge in [-0.1, -0.05) is 34.8 Å². The first kappa shape index (κ1) is 8.44. The summed E-state index contributed by atoms with van der Waals surface area (Å²) in [6.45, 7) is 0. The van der Waals surface area contributed by atoms with E-state index >= 15 is 0 Å². The van der Waals surface area contributed by atoms with Gasteiger partial charge in [0.05, 0.1) is 0 Å². The van der Waals surface area contributed by atoms with Crippen LogP contribution in [0.15, 0.2) is 0 Å². The topological polar surface area (TPSA) is 29.1 Å². The molecule has 1 saturated carbocycles. The fraction of sp³-hybridized carbons (Fsp3) is 0.800. The van der Waals surface area contributed by atoms with Crippen molar-refractivity contribution in [2.75, 3.05) is 0 Å². The normalized spacial score (nSPS) is 18.7. The van der Waals surface area contributed by atoms with E-state index in [1.807, 2.05) is 0 Å². The first-order chi connectivity index (χ1) is 4.50. The molecule has 5 heteroatoms. The van der Waals surface area contributed by atoms with Crippen LogP contribution in [-0.4, -0.2) is 15.7 Å². The number of hydrogen-bond donors (Lipinski definition) is 1. The summed E-state index contributed by atoms with van der Waals surface area (Å²) < 4.78 is -1.80. The van der Waals surface area contributed by atoms with Gasteiger partial charge in [0.15, 0.2) is 0 Å². The molecule has 1 N–H and O–H groups in total. The van der Waals surface area contributed by atoms with Crippen molar-refractivity contribution in [1.82, 2.24) is 5.32 Å². The highest BCUT2D eigenvalue weighted by Crippen LogP contribution is 2.28. The van der Waals surface area contributed by atoms with Gasteiger partial charge >= 0.3 is 0 Å². The van der Waals surface area contributed by atoms with E-state index in [1.165, 1.54) is 0 Å². The molecule has 0 spiro atoms. The molecule has 1 rings (SSSR count). The van der Waals surface area contributed by atoms with E-state index in [0.29, 0.717) is 0 Å². The lowest BCUT2D eigenvalue weighted by atomic mass is 10.6. The summed E-state index contributed by atoms with van der Waals surface area (Å²) in [5.74, 6) is -0.528. The largest absolute Gasteiger partial charge is 0.350 e. The zero-order chi connectivity index (χ0) is 7.78. The first-order valence-electron chi connectivity index (χ1n) is 2.88. The van der Waals surface area contributed by atoms with E-state index in [0.717, 1.165) is 12.8 Å². The Morgan fingerprint density at radius 3 is 2.20 bits per heavy atom. The van der Waals surface area contributed by atoms with Gasteiger partial charge in [-0.3, -0.25) is 4.79 Å². The average Bonchev–Trinajstić information content (AvgIpc) is 2.47. The molecule has 58 valence electrons. The minimum absolute atomic E-state index is 0.239. The number of amides is 1.